The minimum atomic E-state index is 0.531. The molecule has 7 N–H and O–H groups in total. The topological polar surface area (TPSA) is 115 Å². The molecule has 0 atom stereocenters. The molecule has 8 aromatic carbocycles. The zero-order valence-electron chi connectivity index (χ0n) is 34.0. The Hall–Kier alpha value is -6.89. The van der Waals surface area contributed by atoms with E-state index in [1.165, 1.54) is 46.6 Å². The number of hydrogen-bond acceptors (Lipinski definition) is 5. The van der Waals surface area contributed by atoms with E-state index in [4.69, 9.17) is 21.3 Å². The summed E-state index contributed by atoms with van der Waals surface area (Å²) in [6, 6.07) is 70.5. The van der Waals surface area contributed by atoms with Crippen LogP contribution in [-0.2, 0) is 19.5 Å². The molecule has 0 aliphatic carbocycles. The standard InChI is InChI=1S/C32H25NO.C7H9N.C7H7N.C7H8.CH5N/c33-21-23-13-15-25(16-14-23)31-27(17-18-29-28-11-4-5-12-30(28)34-32(29)31)26-10-6-9-24(20-26)19-22-7-2-1-3-8-22;2*8-6-7-4-2-1-3-5-7;1-7-5-3-2-4-6-7;1-2/h1-18,20H,19,21,33H2;1-5H,6,8H2;1-6,8H;2-6H,1H3;2H2,1H3. The largest absolute Gasteiger partial charge is 0.455 e. The maximum absolute atomic E-state index is 6.82. The van der Waals surface area contributed by atoms with E-state index in [1.54, 1.807) is 0 Å². The number of para-hydroxylation sites is 1. The molecule has 0 bridgehead atoms. The molecule has 0 spiro atoms. The van der Waals surface area contributed by atoms with Gasteiger partial charge in [0.25, 0.3) is 0 Å². The van der Waals surface area contributed by atoms with Crippen molar-refractivity contribution in [3.8, 4) is 22.3 Å². The number of hydrogen-bond donors (Lipinski definition) is 4. The van der Waals surface area contributed by atoms with Gasteiger partial charge in [0.05, 0.1) is 0 Å². The maximum Gasteiger partial charge on any atom is 0.143 e. The third-order valence-electron chi connectivity index (χ3n) is 9.50. The van der Waals surface area contributed by atoms with Crippen LogP contribution >= 0.6 is 0 Å². The van der Waals surface area contributed by atoms with E-state index < -0.39 is 0 Å². The van der Waals surface area contributed by atoms with Gasteiger partial charge in [0.2, 0.25) is 0 Å². The van der Waals surface area contributed by atoms with Crippen molar-refractivity contribution in [3.05, 3.63) is 240 Å². The van der Waals surface area contributed by atoms with Gasteiger partial charge in [-0.05, 0) is 77.0 Å². The molecule has 0 radical (unpaired) electrons. The molecule has 0 saturated carbocycles. The van der Waals surface area contributed by atoms with E-state index in [0.717, 1.165) is 50.6 Å². The molecule has 0 aliphatic heterocycles. The molecular formula is C54H54N4O. The Morgan fingerprint density at radius 2 is 1.00 bits per heavy atom. The first kappa shape index (κ1) is 43.2. The van der Waals surface area contributed by atoms with Gasteiger partial charge in [0, 0.05) is 35.6 Å². The third-order valence-corrected chi connectivity index (χ3v) is 9.50. The molecule has 1 heterocycles. The molecule has 9 aromatic rings. The first-order valence-electron chi connectivity index (χ1n) is 19.8. The van der Waals surface area contributed by atoms with Crippen molar-refractivity contribution in [2.24, 2.45) is 17.2 Å². The van der Waals surface area contributed by atoms with Gasteiger partial charge in [-0.15, -0.1) is 0 Å². The van der Waals surface area contributed by atoms with Crippen molar-refractivity contribution in [2.75, 3.05) is 7.05 Å². The van der Waals surface area contributed by atoms with Crippen LogP contribution < -0.4 is 17.2 Å². The Morgan fingerprint density at radius 3 is 1.54 bits per heavy atom. The number of nitrogens with two attached hydrogens (primary N) is 3. The fraction of sp³-hybridized carbons (Fsp3) is 0.0926. The summed E-state index contributed by atoms with van der Waals surface area (Å²) < 4.78 is 6.46. The van der Waals surface area contributed by atoms with Crippen LogP contribution in [0.25, 0.3) is 44.2 Å². The van der Waals surface area contributed by atoms with Gasteiger partial charge in [0.15, 0.2) is 0 Å². The molecular weight excluding hydrogens is 721 g/mol. The van der Waals surface area contributed by atoms with Crippen LogP contribution in [0.4, 0.5) is 0 Å². The van der Waals surface area contributed by atoms with Crippen LogP contribution in [0.15, 0.2) is 211 Å². The average molecular weight is 775 g/mol. The minimum absolute atomic E-state index is 0.531. The molecule has 296 valence electrons. The molecule has 0 fully saturated rings. The normalized spacial score (nSPS) is 10.1. The molecule has 9 rings (SSSR count). The van der Waals surface area contributed by atoms with Crippen molar-refractivity contribution in [1.29, 1.82) is 5.41 Å². The van der Waals surface area contributed by atoms with Crippen LogP contribution in [0.3, 0.4) is 0 Å². The van der Waals surface area contributed by atoms with Gasteiger partial charge in [-0.25, -0.2) is 0 Å². The summed E-state index contributed by atoms with van der Waals surface area (Å²) in [5.41, 5.74) is 29.3. The second-order valence-corrected chi connectivity index (χ2v) is 13.6. The summed E-state index contributed by atoms with van der Waals surface area (Å²) >= 11 is 0. The fourth-order valence-electron chi connectivity index (χ4n) is 6.50. The Kier molecular flexibility index (Phi) is 17.1. The lowest BCUT2D eigenvalue weighted by Crippen LogP contribution is -1.95. The van der Waals surface area contributed by atoms with Crippen LogP contribution in [0.5, 0.6) is 0 Å². The zero-order chi connectivity index (χ0) is 41.7. The van der Waals surface area contributed by atoms with Gasteiger partial charge in [-0.2, -0.15) is 0 Å². The highest BCUT2D eigenvalue weighted by molar-refractivity contribution is 6.12. The van der Waals surface area contributed by atoms with E-state index >= 15 is 0 Å². The molecule has 5 nitrogen and oxygen atoms in total. The summed E-state index contributed by atoms with van der Waals surface area (Å²) in [7, 11) is 1.50. The molecule has 0 saturated heterocycles. The lowest BCUT2D eigenvalue weighted by molar-refractivity contribution is 0.670. The SMILES string of the molecule is CN.Cc1ccccc1.N=Cc1ccccc1.NCc1ccc(-c2c(-c3cccc(Cc4ccccc4)c3)ccc3c2oc2ccccc23)cc1.NCc1ccccc1. The highest BCUT2D eigenvalue weighted by atomic mass is 16.3. The summed E-state index contributed by atoms with van der Waals surface area (Å²) in [4.78, 5) is 0. The quantitative estimate of drug-likeness (QED) is 0.121. The van der Waals surface area contributed by atoms with Gasteiger partial charge in [-0.1, -0.05) is 200 Å². The van der Waals surface area contributed by atoms with Crippen molar-refractivity contribution in [3.63, 3.8) is 0 Å². The highest BCUT2D eigenvalue weighted by Gasteiger charge is 2.17. The van der Waals surface area contributed by atoms with E-state index in [0.29, 0.717) is 13.1 Å². The van der Waals surface area contributed by atoms with Crippen molar-refractivity contribution < 1.29 is 4.42 Å². The van der Waals surface area contributed by atoms with Crippen molar-refractivity contribution in [1.82, 2.24) is 0 Å². The first-order valence-corrected chi connectivity index (χ1v) is 19.8. The summed E-state index contributed by atoms with van der Waals surface area (Å²) in [5, 5.41) is 9.10. The number of furan rings is 1. The molecule has 1 aromatic heterocycles. The lowest BCUT2D eigenvalue weighted by atomic mass is 9.90. The number of nitrogens with one attached hydrogen (secondary N) is 1. The van der Waals surface area contributed by atoms with Crippen LogP contribution in [0.1, 0.15) is 33.4 Å². The van der Waals surface area contributed by atoms with Crippen LogP contribution in [0.2, 0.25) is 0 Å². The molecule has 0 aliphatic rings. The van der Waals surface area contributed by atoms with Gasteiger partial charge in [-0.3, -0.25) is 0 Å². The summed E-state index contributed by atoms with van der Waals surface area (Å²) in [6.07, 6.45) is 2.24. The maximum atomic E-state index is 6.82. The third kappa shape index (κ3) is 12.5. The van der Waals surface area contributed by atoms with Gasteiger partial charge >= 0.3 is 0 Å². The monoisotopic (exact) mass is 774 g/mol. The van der Waals surface area contributed by atoms with Crippen LogP contribution in [0, 0.1) is 12.3 Å². The zero-order valence-corrected chi connectivity index (χ0v) is 34.0. The Balaban J connectivity index is 0.000000213. The fourth-order valence-corrected chi connectivity index (χ4v) is 6.50. The summed E-state index contributed by atoms with van der Waals surface area (Å²) in [6.45, 7) is 3.25. The first-order chi connectivity index (χ1) is 29.1. The lowest BCUT2D eigenvalue weighted by Gasteiger charge is -2.13. The average Bonchev–Trinajstić information content (AvgIpc) is 3.70. The molecule has 5 heteroatoms. The smallest absolute Gasteiger partial charge is 0.143 e. The van der Waals surface area contributed by atoms with Crippen molar-refractivity contribution in [2.45, 2.75) is 26.4 Å². The Bertz CT molecular complexity index is 2570. The second kappa shape index (κ2) is 23.4. The second-order valence-electron chi connectivity index (χ2n) is 13.6. The molecule has 0 amide bonds. The van der Waals surface area contributed by atoms with E-state index in [9.17, 15) is 0 Å². The van der Waals surface area contributed by atoms with Crippen molar-refractivity contribution >= 4 is 28.2 Å². The van der Waals surface area contributed by atoms with E-state index in [2.05, 4.69) is 128 Å². The summed E-state index contributed by atoms with van der Waals surface area (Å²) in [5.74, 6) is 0. The number of aryl methyl sites for hydroxylation is 1. The van der Waals surface area contributed by atoms with E-state index in [1.807, 2.05) is 91.0 Å². The Morgan fingerprint density at radius 1 is 0.475 bits per heavy atom. The molecule has 59 heavy (non-hydrogen) atoms. The van der Waals surface area contributed by atoms with Crippen LogP contribution in [-0.4, -0.2) is 13.3 Å². The number of benzene rings is 8. The predicted molar refractivity (Wildman–Crippen MR) is 252 cm³/mol. The van der Waals surface area contributed by atoms with E-state index in [-0.39, 0.29) is 0 Å². The minimum Gasteiger partial charge on any atom is -0.455 e. The number of rotatable bonds is 7. The predicted octanol–water partition coefficient (Wildman–Crippen LogP) is 12.4. The van der Waals surface area contributed by atoms with Gasteiger partial charge in [0.1, 0.15) is 11.2 Å². The number of fused-ring (bicyclic) bond motifs is 3. The molecule has 0 unspecified atom stereocenters. The Labute approximate surface area is 349 Å². The highest BCUT2D eigenvalue weighted by Crippen LogP contribution is 2.42. The van der Waals surface area contributed by atoms with Gasteiger partial charge < -0.3 is 27.0 Å².